The number of hydrogen-bond acceptors (Lipinski definition) is 5. The maximum Gasteiger partial charge on any atom is 0.273 e. The Bertz CT molecular complexity index is 419. The third-order valence-electron chi connectivity index (χ3n) is 3.73. The Morgan fingerprint density at radius 2 is 2.32 bits per heavy atom. The van der Waals surface area contributed by atoms with Gasteiger partial charge < -0.3 is 20.3 Å². The van der Waals surface area contributed by atoms with Crippen LogP contribution in [-0.4, -0.2) is 35.8 Å². The normalized spacial score (nSPS) is 15.8. The number of rotatable bonds is 7. The lowest BCUT2D eigenvalue weighted by Gasteiger charge is -2.35. The molecule has 3 N–H and O–H groups in total. The molecular formula is C13H23N3O3. The summed E-state index contributed by atoms with van der Waals surface area (Å²) < 4.78 is 4.80. The average Bonchev–Trinajstić information content (AvgIpc) is 2.87. The zero-order valence-electron chi connectivity index (χ0n) is 12.0. The van der Waals surface area contributed by atoms with E-state index in [-0.39, 0.29) is 35.4 Å². The summed E-state index contributed by atoms with van der Waals surface area (Å²) in [5, 5.41) is 18.6. The molecule has 6 heteroatoms. The molecule has 6 nitrogen and oxygen atoms in total. The summed E-state index contributed by atoms with van der Waals surface area (Å²) in [4.78, 5) is 12.0. The Hall–Kier alpha value is -1.40. The number of carbonyl (C=O) groups is 1. The van der Waals surface area contributed by atoms with Gasteiger partial charge in [0.25, 0.3) is 5.91 Å². The van der Waals surface area contributed by atoms with Gasteiger partial charge in [0.1, 0.15) is 6.61 Å². The number of hydrogen-bond donors (Lipinski definition) is 3. The quantitative estimate of drug-likeness (QED) is 0.685. The van der Waals surface area contributed by atoms with E-state index < -0.39 is 0 Å². The highest BCUT2D eigenvalue weighted by Gasteiger charge is 2.30. The second kappa shape index (κ2) is 6.68. The first-order valence-electron chi connectivity index (χ1n) is 6.48. The summed E-state index contributed by atoms with van der Waals surface area (Å²) in [7, 11) is 1.90. The van der Waals surface area contributed by atoms with Crippen LogP contribution in [-0.2, 0) is 6.61 Å². The molecular weight excluding hydrogens is 246 g/mol. The van der Waals surface area contributed by atoms with Crippen molar-refractivity contribution in [1.82, 2.24) is 15.8 Å². The third kappa shape index (κ3) is 3.78. The highest BCUT2D eigenvalue weighted by molar-refractivity contribution is 5.92. The van der Waals surface area contributed by atoms with Gasteiger partial charge in [-0.3, -0.25) is 4.79 Å². The van der Waals surface area contributed by atoms with Gasteiger partial charge in [-0.15, -0.1) is 0 Å². The molecule has 1 heterocycles. The van der Waals surface area contributed by atoms with Gasteiger partial charge in [-0.05, 0) is 25.8 Å². The zero-order valence-corrected chi connectivity index (χ0v) is 12.0. The van der Waals surface area contributed by atoms with Gasteiger partial charge in [0.2, 0.25) is 0 Å². The lowest BCUT2D eigenvalue weighted by molar-refractivity contribution is 0.0883. The van der Waals surface area contributed by atoms with Crippen molar-refractivity contribution in [2.24, 2.45) is 5.41 Å². The number of carbonyl (C=O) groups excluding carboxylic acids is 1. The average molecular weight is 269 g/mol. The van der Waals surface area contributed by atoms with Crippen molar-refractivity contribution in [3.05, 3.63) is 17.5 Å². The van der Waals surface area contributed by atoms with E-state index in [1.54, 1.807) is 0 Å². The molecule has 0 aliphatic heterocycles. The molecule has 1 aromatic heterocycles. The van der Waals surface area contributed by atoms with Crippen LogP contribution in [0.4, 0.5) is 0 Å². The molecule has 0 saturated heterocycles. The topological polar surface area (TPSA) is 87.4 Å². The molecule has 108 valence electrons. The Morgan fingerprint density at radius 3 is 2.79 bits per heavy atom. The number of aliphatic hydroxyl groups is 1. The molecule has 0 spiro atoms. The van der Waals surface area contributed by atoms with Gasteiger partial charge in [-0.2, -0.15) is 0 Å². The molecule has 0 bridgehead atoms. The van der Waals surface area contributed by atoms with Crippen molar-refractivity contribution in [2.75, 3.05) is 13.6 Å². The van der Waals surface area contributed by atoms with Gasteiger partial charge in [0.15, 0.2) is 11.5 Å². The molecule has 0 fully saturated rings. The van der Waals surface area contributed by atoms with Gasteiger partial charge in [0, 0.05) is 18.7 Å². The van der Waals surface area contributed by atoms with Crippen molar-refractivity contribution in [1.29, 1.82) is 0 Å². The number of aromatic nitrogens is 1. The van der Waals surface area contributed by atoms with E-state index in [0.29, 0.717) is 0 Å². The van der Waals surface area contributed by atoms with E-state index in [0.717, 1.165) is 13.0 Å². The number of nitrogens with one attached hydrogen (secondary N) is 2. The summed E-state index contributed by atoms with van der Waals surface area (Å²) in [6.07, 6.45) is 0.940. The predicted octanol–water partition coefficient (Wildman–Crippen LogP) is 0.921. The highest BCUT2D eigenvalue weighted by Crippen LogP contribution is 2.25. The fourth-order valence-electron chi connectivity index (χ4n) is 1.93. The summed E-state index contributed by atoms with van der Waals surface area (Å²) in [5.41, 5.74) is 0.160. The number of aliphatic hydroxyl groups excluding tert-OH is 1. The third-order valence-corrected chi connectivity index (χ3v) is 3.73. The lowest BCUT2D eigenvalue weighted by atomic mass is 9.80. The van der Waals surface area contributed by atoms with Crippen molar-refractivity contribution in [3.63, 3.8) is 0 Å². The lowest BCUT2D eigenvalue weighted by Crippen LogP contribution is -2.48. The smallest absolute Gasteiger partial charge is 0.273 e. The maximum atomic E-state index is 12.0. The molecule has 2 atom stereocenters. The maximum absolute atomic E-state index is 12.0. The van der Waals surface area contributed by atoms with Crippen LogP contribution < -0.4 is 10.6 Å². The second-order valence-corrected chi connectivity index (χ2v) is 5.07. The summed E-state index contributed by atoms with van der Waals surface area (Å²) in [6.45, 7) is 6.75. The van der Waals surface area contributed by atoms with Crippen LogP contribution in [0.3, 0.4) is 0 Å². The fraction of sp³-hybridized carbons (Fsp3) is 0.692. The van der Waals surface area contributed by atoms with Crippen LogP contribution in [0.15, 0.2) is 10.6 Å². The Kier molecular flexibility index (Phi) is 5.50. The molecule has 0 aliphatic carbocycles. The minimum atomic E-state index is -0.285. The number of nitrogens with zero attached hydrogens (tertiary/aromatic N) is 1. The Morgan fingerprint density at radius 1 is 1.63 bits per heavy atom. The zero-order chi connectivity index (χ0) is 14.5. The summed E-state index contributed by atoms with van der Waals surface area (Å²) in [6, 6.07) is 1.44. The molecule has 1 aromatic rings. The van der Waals surface area contributed by atoms with Crippen LogP contribution >= 0.6 is 0 Å². The summed E-state index contributed by atoms with van der Waals surface area (Å²) >= 11 is 0. The standard InChI is InChI=1S/C13H23N3O3/c1-5-13(3,8-14-4)9(2)15-12(18)11-6-10(7-17)19-16-11/h6,9,14,17H,5,7-8H2,1-4H3,(H,15,18). The molecule has 0 radical (unpaired) electrons. The first kappa shape index (κ1) is 15.7. The minimum Gasteiger partial charge on any atom is -0.388 e. The largest absolute Gasteiger partial charge is 0.388 e. The molecule has 1 rings (SSSR count). The van der Waals surface area contributed by atoms with Crippen LogP contribution in [0.1, 0.15) is 43.4 Å². The van der Waals surface area contributed by atoms with Crippen molar-refractivity contribution < 1.29 is 14.4 Å². The SMILES string of the molecule is CCC(C)(CNC)C(C)NC(=O)c1cc(CO)on1. The van der Waals surface area contributed by atoms with E-state index in [9.17, 15) is 4.79 Å². The predicted molar refractivity (Wildman–Crippen MR) is 71.7 cm³/mol. The first-order chi connectivity index (χ1) is 8.96. The van der Waals surface area contributed by atoms with Crippen molar-refractivity contribution in [2.45, 2.75) is 39.8 Å². The molecule has 0 saturated carbocycles. The minimum absolute atomic E-state index is 0.00766. The van der Waals surface area contributed by atoms with Crippen LogP contribution in [0.25, 0.3) is 0 Å². The van der Waals surface area contributed by atoms with E-state index >= 15 is 0 Å². The Balaban J connectivity index is 2.69. The van der Waals surface area contributed by atoms with Gasteiger partial charge in [-0.1, -0.05) is 19.0 Å². The Labute approximate surface area is 113 Å². The molecule has 0 aliphatic rings. The first-order valence-corrected chi connectivity index (χ1v) is 6.48. The monoisotopic (exact) mass is 269 g/mol. The van der Waals surface area contributed by atoms with Crippen LogP contribution in [0.5, 0.6) is 0 Å². The van der Waals surface area contributed by atoms with Gasteiger partial charge in [-0.25, -0.2) is 0 Å². The molecule has 19 heavy (non-hydrogen) atoms. The van der Waals surface area contributed by atoms with Gasteiger partial charge in [0.05, 0.1) is 0 Å². The van der Waals surface area contributed by atoms with E-state index in [4.69, 9.17) is 9.63 Å². The van der Waals surface area contributed by atoms with Crippen LogP contribution in [0, 0.1) is 5.41 Å². The summed E-state index contributed by atoms with van der Waals surface area (Å²) in [5.74, 6) is -0.00184. The molecule has 0 aromatic carbocycles. The van der Waals surface area contributed by atoms with E-state index in [2.05, 4.69) is 29.6 Å². The van der Waals surface area contributed by atoms with Gasteiger partial charge >= 0.3 is 0 Å². The van der Waals surface area contributed by atoms with Crippen molar-refractivity contribution >= 4 is 5.91 Å². The molecule has 2 unspecified atom stereocenters. The second-order valence-electron chi connectivity index (χ2n) is 5.07. The van der Waals surface area contributed by atoms with Crippen molar-refractivity contribution in [3.8, 4) is 0 Å². The van der Waals surface area contributed by atoms with Crippen LogP contribution in [0.2, 0.25) is 0 Å². The van der Waals surface area contributed by atoms with E-state index in [1.165, 1.54) is 6.07 Å². The van der Waals surface area contributed by atoms with E-state index in [1.807, 2.05) is 14.0 Å². The molecule has 1 amide bonds. The highest BCUT2D eigenvalue weighted by atomic mass is 16.5. The fourth-order valence-corrected chi connectivity index (χ4v) is 1.93. The number of amides is 1.